The Morgan fingerprint density at radius 3 is 2.45 bits per heavy atom. The number of hydrogen-bond acceptors (Lipinski definition) is 4. The Hall–Kier alpha value is -1.96. The average molecular weight is 411 g/mol. The molecule has 4 rings (SSSR count). The molecule has 0 aromatic carbocycles. The van der Waals surface area contributed by atoms with E-state index in [-0.39, 0.29) is 11.6 Å². The highest BCUT2D eigenvalue weighted by Gasteiger charge is 2.44. The fourth-order valence-electron chi connectivity index (χ4n) is 3.59. The smallest absolute Gasteiger partial charge is 0.369 e. The molecular formula is C21H28F3N3O2. The van der Waals surface area contributed by atoms with Crippen molar-refractivity contribution in [3.8, 4) is 0 Å². The fraction of sp³-hybridized carbons (Fsp3) is 0.667. The third-order valence-electron chi connectivity index (χ3n) is 5.69. The molecular weight excluding hydrogens is 383 g/mol. The van der Waals surface area contributed by atoms with Gasteiger partial charge in [0.25, 0.3) is 0 Å². The molecule has 2 aliphatic rings. The van der Waals surface area contributed by atoms with Crippen LogP contribution in [0.25, 0.3) is 11.2 Å². The van der Waals surface area contributed by atoms with Gasteiger partial charge in [0.15, 0.2) is 5.65 Å². The molecule has 1 saturated carbocycles. The molecule has 1 unspecified atom stereocenters. The highest BCUT2D eigenvalue weighted by molar-refractivity contribution is 5.79. The van der Waals surface area contributed by atoms with E-state index >= 15 is 0 Å². The zero-order valence-electron chi connectivity index (χ0n) is 17.2. The van der Waals surface area contributed by atoms with Crippen LogP contribution in [-0.2, 0) is 15.7 Å². The van der Waals surface area contributed by atoms with E-state index in [2.05, 4.69) is 16.9 Å². The summed E-state index contributed by atoms with van der Waals surface area (Å²) < 4.78 is 45.1. The van der Waals surface area contributed by atoms with Gasteiger partial charge in [-0.05, 0) is 51.2 Å². The van der Waals surface area contributed by atoms with Crippen LogP contribution >= 0.6 is 0 Å². The molecule has 0 spiro atoms. The molecule has 2 fully saturated rings. The minimum Gasteiger partial charge on any atom is -0.369 e. The quantitative estimate of drug-likeness (QED) is 0.597. The van der Waals surface area contributed by atoms with E-state index in [0.29, 0.717) is 29.8 Å². The van der Waals surface area contributed by atoms with Gasteiger partial charge in [-0.3, -0.25) is 4.79 Å². The molecule has 3 heterocycles. The number of ketones is 1. The number of hydrogen-bond donors (Lipinski definition) is 0. The Labute approximate surface area is 168 Å². The van der Waals surface area contributed by atoms with Crippen LogP contribution in [0.5, 0.6) is 0 Å². The van der Waals surface area contributed by atoms with Crippen LogP contribution in [-0.4, -0.2) is 32.5 Å². The molecule has 1 atom stereocenters. The average Bonchev–Trinajstić information content (AvgIpc) is 3.30. The van der Waals surface area contributed by atoms with E-state index in [1.807, 2.05) is 18.4 Å². The summed E-state index contributed by atoms with van der Waals surface area (Å²) in [5, 5.41) is 0. The first-order valence-electron chi connectivity index (χ1n) is 10.3. The van der Waals surface area contributed by atoms with Gasteiger partial charge in [0.2, 0.25) is 0 Å². The Kier molecular flexibility index (Phi) is 6.31. The lowest BCUT2D eigenvalue weighted by Gasteiger charge is -2.28. The van der Waals surface area contributed by atoms with Crippen LogP contribution in [0.15, 0.2) is 12.1 Å². The third kappa shape index (κ3) is 4.97. The summed E-state index contributed by atoms with van der Waals surface area (Å²) >= 11 is 0. The Morgan fingerprint density at radius 1 is 1.28 bits per heavy atom. The number of rotatable bonds is 6. The summed E-state index contributed by atoms with van der Waals surface area (Å²) in [6.07, 6.45) is 1.97. The largest absolute Gasteiger partial charge is 0.433 e. The molecule has 160 valence electrons. The zero-order valence-corrected chi connectivity index (χ0v) is 17.2. The van der Waals surface area contributed by atoms with Crippen molar-refractivity contribution >= 4 is 16.9 Å². The number of nitrogens with zero attached hydrogens (tertiary/aromatic N) is 3. The SMILES string of the molecule is CCCC(=O)CC1(CC)CO1.Cc1nc2ccc(C(F)(F)F)nc2n1C1CCC1. The van der Waals surface area contributed by atoms with Gasteiger partial charge >= 0.3 is 6.18 Å². The summed E-state index contributed by atoms with van der Waals surface area (Å²) in [5.74, 6) is 1.09. The summed E-state index contributed by atoms with van der Waals surface area (Å²) in [4.78, 5) is 19.2. The van der Waals surface area contributed by atoms with E-state index in [9.17, 15) is 18.0 Å². The lowest BCUT2D eigenvalue weighted by Crippen LogP contribution is -2.19. The Balaban J connectivity index is 0.000000188. The second-order valence-electron chi connectivity index (χ2n) is 7.94. The molecule has 8 heteroatoms. The maximum atomic E-state index is 12.7. The molecule has 2 aromatic rings. The fourth-order valence-corrected chi connectivity index (χ4v) is 3.59. The number of fused-ring (bicyclic) bond motifs is 1. The lowest BCUT2D eigenvalue weighted by atomic mass is 9.93. The van der Waals surface area contributed by atoms with Crippen LogP contribution in [0, 0.1) is 6.92 Å². The molecule has 5 nitrogen and oxygen atoms in total. The van der Waals surface area contributed by atoms with Gasteiger partial charge in [0.1, 0.15) is 22.8 Å². The predicted molar refractivity (Wildman–Crippen MR) is 104 cm³/mol. The van der Waals surface area contributed by atoms with Crippen molar-refractivity contribution in [2.24, 2.45) is 0 Å². The van der Waals surface area contributed by atoms with Crippen LogP contribution in [0.3, 0.4) is 0 Å². The number of carbonyl (C=O) groups excluding carboxylic acids is 1. The molecule has 1 saturated heterocycles. The number of carbonyl (C=O) groups is 1. The summed E-state index contributed by atoms with van der Waals surface area (Å²) in [7, 11) is 0. The van der Waals surface area contributed by atoms with Crippen molar-refractivity contribution in [1.29, 1.82) is 0 Å². The standard InChI is InChI=1S/C12H12F3N3.C9H16O2/c1-7-16-9-5-6-10(12(13,14)15)17-11(9)18(7)8-3-2-4-8;1-3-5-8(10)6-9(4-2)7-11-9/h5-6,8H,2-4H2,1H3;3-7H2,1-2H3. The van der Waals surface area contributed by atoms with Gasteiger partial charge in [-0.15, -0.1) is 0 Å². The number of aromatic nitrogens is 3. The molecule has 0 N–H and O–H groups in total. The van der Waals surface area contributed by atoms with Crippen molar-refractivity contribution < 1.29 is 22.7 Å². The first-order valence-corrected chi connectivity index (χ1v) is 10.3. The number of Topliss-reactive ketones (excluding diaryl/α,β-unsaturated/α-hetero) is 1. The number of imidazole rings is 1. The van der Waals surface area contributed by atoms with Gasteiger partial charge in [0.05, 0.1) is 12.2 Å². The minimum absolute atomic E-state index is 0.0355. The summed E-state index contributed by atoms with van der Waals surface area (Å²) in [6.45, 7) is 6.71. The van der Waals surface area contributed by atoms with Gasteiger partial charge < -0.3 is 9.30 Å². The topological polar surface area (TPSA) is 60.3 Å². The number of ether oxygens (including phenoxy) is 1. The molecule has 29 heavy (non-hydrogen) atoms. The molecule has 1 aliphatic heterocycles. The number of halogens is 3. The highest BCUT2D eigenvalue weighted by Crippen LogP contribution is 2.36. The van der Waals surface area contributed by atoms with Crippen molar-refractivity contribution in [3.05, 3.63) is 23.7 Å². The van der Waals surface area contributed by atoms with Crippen molar-refractivity contribution in [1.82, 2.24) is 14.5 Å². The van der Waals surface area contributed by atoms with Gasteiger partial charge in [0, 0.05) is 18.9 Å². The van der Waals surface area contributed by atoms with Gasteiger partial charge in [-0.25, -0.2) is 9.97 Å². The van der Waals surface area contributed by atoms with Gasteiger partial charge in [-0.1, -0.05) is 13.8 Å². The molecule has 0 bridgehead atoms. The normalized spacial score (nSPS) is 21.4. The maximum Gasteiger partial charge on any atom is 0.433 e. The van der Waals surface area contributed by atoms with E-state index < -0.39 is 11.9 Å². The van der Waals surface area contributed by atoms with Gasteiger partial charge in [-0.2, -0.15) is 13.2 Å². The van der Waals surface area contributed by atoms with Crippen LogP contribution in [0.4, 0.5) is 13.2 Å². The van der Waals surface area contributed by atoms with Crippen molar-refractivity contribution in [3.63, 3.8) is 0 Å². The molecule has 1 aliphatic carbocycles. The van der Waals surface area contributed by atoms with E-state index in [4.69, 9.17) is 4.74 Å². The van der Waals surface area contributed by atoms with E-state index in [1.165, 1.54) is 6.07 Å². The Bertz CT molecular complexity index is 868. The third-order valence-corrected chi connectivity index (χ3v) is 5.69. The van der Waals surface area contributed by atoms with Crippen LogP contribution < -0.4 is 0 Å². The van der Waals surface area contributed by atoms with Crippen molar-refractivity contribution in [2.45, 2.75) is 83.5 Å². The van der Waals surface area contributed by atoms with Crippen LogP contribution in [0.2, 0.25) is 0 Å². The monoisotopic (exact) mass is 411 g/mol. The lowest BCUT2D eigenvalue weighted by molar-refractivity contribution is -0.141. The van der Waals surface area contributed by atoms with Crippen molar-refractivity contribution in [2.75, 3.05) is 6.61 Å². The molecule has 2 aromatic heterocycles. The first kappa shape index (κ1) is 21.7. The maximum absolute atomic E-state index is 12.7. The number of aryl methyl sites for hydroxylation is 1. The van der Waals surface area contributed by atoms with E-state index in [0.717, 1.165) is 50.6 Å². The molecule has 0 amide bonds. The molecule has 0 radical (unpaired) electrons. The number of pyridine rings is 1. The zero-order chi connectivity index (χ0) is 21.2. The van der Waals surface area contributed by atoms with E-state index in [1.54, 1.807) is 0 Å². The second kappa shape index (κ2) is 8.42. The number of epoxide rings is 1. The Morgan fingerprint density at radius 2 is 1.97 bits per heavy atom. The second-order valence-corrected chi connectivity index (χ2v) is 7.94. The summed E-state index contributed by atoms with van der Waals surface area (Å²) in [6, 6.07) is 2.64. The predicted octanol–water partition coefficient (Wildman–Crippen LogP) is 5.41. The number of alkyl halides is 3. The minimum atomic E-state index is -4.41. The highest BCUT2D eigenvalue weighted by atomic mass is 19.4. The van der Waals surface area contributed by atoms with Crippen LogP contribution in [0.1, 0.15) is 76.4 Å². The first-order chi connectivity index (χ1) is 13.7. The summed E-state index contributed by atoms with van der Waals surface area (Å²) in [5.41, 5.74) is 0.00148.